The minimum absolute atomic E-state index is 0.0329. The summed E-state index contributed by atoms with van der Waals surface area (Å²) in [6, 6.07) is 2.71. The molecule has 20 heavy (non-hydrogen) atoms. The molecule has 0 aliphatic heterocycles. The van der Waals surface area contributed by atoms with Crippen LogP contribution in [0.15, 0.2) is 26.0 Å². The zero-order valence-electron chi connectivity index (χ0n) is 10.3. The van der Waals surface area contributed by atoms with Gasteiger partial charge in [-0.1, -0.05) is 0 Å². The van der Waals surface area contributed by atoms with Crippen molar-refractivity contribution in [1.82, 2.24) is 0 Å². The number of hydrogen-bond donors (Lipinski definition) is 2. The van der Waals surface area contributed by atoms with E-state index in [1.54, 1.807) is 0 Å². The number of carboxylic acid groups (broad SMARTS) is 1. The molecule has 0 saturated carbocycles. The van der Waals surface area contributed by atoms with E-state index in [2.05, 4.69) is 31.9 Å². The molecule has 0 unspecified atom stereocenters. The number of unbranched alkanes of at least 4 members (excludes halogenated alkanes) is 1. The van der Waals surface area contributed by atoms with Crippen LogP contribution in [0.2, 0.25) is 0 Å². The molecule has 0 heterocycles. The minimum Gasteiger partial charge on any atom is -0.491 e. The molecule has 0 aromatic heterocycles. The van der Waals surface area contributed by atoms with Gasteiger partial charge in [-0.05, 0) is 56.8 Å². The van der Waals surface area contributed by atoms with Gasteiger partial charge in [-0.3, -0.25) is 4.79 Å². The maximum atomic E-state index is 11.3. The number of sulfonamides is 1. The zero-order chi connectivity index (χ0) is 15.3. The maximum Gasteiger partial charge on any atom is 0.303 e. The highest BCUT2D eigenvalue weighted by Crippen LogP contribution is 2.35. The summed E-state index contributed by atoms with van der Waals surface area (Å²) in [5.74, 6) is -0.391. The Hall–Kier alpha value is -0.640. The first kappa shape index (κ1) is 17.4. The van der Waals surface area contributed by atoms with Crippen molar-refractivity contribution in [3.63, 3.8) is 0 Å². The predicted octanol–water partition coefficient (Wildman–Crippen LogP) is 2.49. The molecule has 0 atom stereocenters. The molecule has 9 heteroatoms. The molecular formula is C11H13Br2NO5S. The monoisotopic (exact) mass is 429 g/mol. The molecule has 0 bridgehead atoms. The molecule has 0 fully saturated rings. The second-order valence-electron chi connectivity index (χ2n) is 3.96. The van der Waals surface area contributed by atoms with E-state index >= 15 is 0 Å². The number of primary sulfonamides is 1. The third-order valence-corrected chi connectivity index (χ3v) is 4.40. The van der Waals surface area contributed by atoms with E-state index < -0.39 is 16.0 Å². The maximum absolute atomic E-state index is 11.3. The fourth-order valence-electron chi connectivity index (χ4n) is 1.39. The molecule has 112 valence electrons. The normalized spacial score (nSPS) is 11.3. The average molecular weight is 431 g/mol. The summed E-state index contributed by atoms with van der Waals surface area (Å²) in [7, 11) is -3.78. The molecular weight excluding hydrogens is 418 g/mol. The first-order valence-electron chi connectivity index (χ1n) is 5.58. The van der Waals surface area contributed by atoms with Gasteiger partial charge in [-0.25, -0.2) is 13.6 Å². The standard InChI is InChI=1S/C11H13Br2NO5S/c12-8-5-7(20(14,17)18)6-9(13)11(8)19-4-2-1-3-10(15)16/h5-6H,1-4H2,(H,15,16)(H2,14,17,18). The summed E-state index contributed by atoms with van der Waals surface area (Å²) in [6.45, 7) is 0.333. The van der Waals surface area contributed by atoms with E-state index in [9.17, 15) is 13.2 Å². The van der Waals surface area contributed by atoms with Gasteiger partial charge in [0, 0.05) is 6.42 Å². The van der Waals surface area contributed by atoms with Crippen molar-refractivity contribution in [2.24, 2.45) is 5.14 Å². The van der Waals surface area contributed by atoms with Crippen LogP contribution in [0.25, 0.3) is 0 Å². The number of rotatable bonds is 7. The number of hydrogen-bond acceptors (Lipinski definition) is 4. The molecule has 0 aliphatic rings. The van der Waals surface area contributed by atoms with Gasteiger partial charge in [-0.2, -0.15) is 0 Å². The molecule has 0 saturated heterocycles. The number of carboxylic acids is 1. The minimum atomic E-state index is -3.78. The van der Waals surface area contributed by atoms with Gasteiger partial charge in [0.25, 0.3) is 0 Å². The van der Waals surface area contributed by atoms with Gasteiger partial charge in [0.1, 0.15) is 5.75 Å². The van der Waals surface area contributed by atoms with E-state index in [1.165, 1.54) is 12.1 Å². The van der Waals surface area contributed by atoms with Gasteiger partial charge < -0.3 is 9.84 Å². The largest absolute Gasteiger partial charge is 0.491 e. The Bertz CT molecular complexity index is 580. The summed E-state index contributed by atoms with van der Waals surface area (Å²) < 4.78 is 28.9. The van der Waals surface area contributed by atoms with Crippen molar-refractivity contribution in [3.05, 3.63) is 21.1 Å². The van der Waals surface area contributed by atoms with Crippen LogP contribution in [0, 0.1) is 0 Å². The second-order valence-corrected chi connectivity index (χ2v) is 7.23. The predicted molar refractivity (Wildman–Crippen MR) is 80.2 cm³/mol. The summed E-state index contributed by atoms with van der Waals surface area (Å²) in [6.07, 6.45) is 1.19. The summed E-state index contributed by atoms with van der Waals surface area (Å²) in [5.41, 5.74) is 0. The third kappa shape index (κ3) is 5.39. The Morgan fingerprint density at radius 2 is 1.80 bits per heavy atom. The van der Waals surface area contributed by atoms with E-state index in [-0.39, 0.29) is 11.3 Å². The van der Waals surface area contributed by atoms with Gasteiger partial charge in [0.2, 0.25) is 10.0 Å². The summed E-state index contributed by atoms with van der Waals surface area (Å²) in [5, 5.41) is 13.5. The van der Waals surface area contributed by atoms with Gasteiger partial charge in [0.05, 0.1) is 20.4 Å². The van der Waals surface area contributed by atoms with Gasteiger partial charge in [0.15, 0.2) is 0 Å². The molecule has 6 nitrogen and oxygen atoms in total. The SMILES string of the molecule is NS(=O)(=O)c1cc(Br)c(OCCCCC(=O)O)c(Br)c1. The number of aliphatic carboxylic acids is 1. The number of benzene rings is 1. The molecule has 1 rings (SSSR count). The van der Waals surface area contributed by atoms with Crippen LogP contribution >= 0.6 is 31.9 Å². The smallest absolute Gasteiger partial charge is 0.303 e. The Morgan fingerprint density at radius 1 is 1.25 bits per heavy atom. The van der Waals surface area contributed by atoms with E-state index in [0.29, 0.717) is 34.1 Å². The zero-order valence-corrected chi connectivity index (χ0v) is 14.3. The van der Waals surface area contributed by atoms with Crippen molar-refractivity contribution < 1.29 is 23.1 Å². The van der Waals surface area contributed by atoms with Crippen LogP contribution < -0.4 is 9.88 Å². The first-order chi connectivity index (χ1) is 9.21. The highest BCUT2D eigenvalue weighted by atomic mass is 79.9. The van der Waals surface area contributed by atoms with Crippen LogP contribution in [-0.4, -0.2) is 26.1 Å². The fraction of sp³-hybridized carbons (Fsp3) is 0.364. The summed E-state index contributed by atoms with van der Waals surface area (Å²) in [4.78, 5) is 10.3. The van der Waals surface area contributed by atoms with Crippen LogP contribution in [0.5, 0.6) is 5.75 Å². The lowest BCUT2D eigenvalue weighted by atomic mass is 10.2. The van der Waals surface area contributed by atoms with Crippen molar-refractivity contribution >= 4 is 47.9 Å². The van der Waals surface area contributed by atoms with Crippen LogP contribution in [-0.2, 0) is 14.8 Å². The van der Waals surface area contributed by atoms with Crippen molar-refractivity contribution in [2.75, 3.05) is 6.61 Å². The number of nitrogens with two attached hydrogens (primary N) is 1. The second kappa shape index (κ2) is 7.39. The van der Waals surface area contributed by atoms with Gasteiger partial charge >= 0.3 is 5.97 Å². The van der Waals surface area contributed by atoms with Crippen molar-refractivity contribution in [3.8, 4) is 5.75 Å². The number of halogens is 2. The molecule has 0 aliphatic carbocycles. The molecule has 3 N–H and O–H groups in total. The number of carbonyl (C=O) groups is 1. The number of ether oxygens (including phenoxy) is 1. The summed E-state index contributed by atoms with van der Waals surface area (Å²) >= 11 is 6.43. The van der Waals surface area contributed by atoms with Crippen LogP contribution in [0.4, 0.5) is 0 Å². The highest BCUT2D eigenvalue weighted by Gasteiger charge is 2.15. The van der Waals surface area contributed by atoms with Crippen molar-refractivity contribution in [2.45, 2.75) is 24.2 Å². The van der Waals surface area contributed by atoms with E-state index in [4.69, 9.17) is 15.0 Å². The average Bonchev–Trinajstić information content (AvgIpc) is 2.29. The van der Waals surface area contributed by atoms with Gasteiger partial charge in [-0.15, -0.1) is 0 Å². The van der Waals surface area contributed by atoms with E-state index in [0.717, 1.165) is 0 Å². The van der Waals surface area contributed by atoms with Crippen LogP contribution in [0.3, 0.4) is 0 Å². The van der Waals surface area contributed by atoms with Crippen LogP contribution in [0.1, 0.15) is 19.3 Å². The van der Waals surface area contributed by atoms with Crippen molar-refractivity contribution in [1.29, 1.82) is 0 Å². The van der Waals surface area contributed by atoms with E-state index in [1.807, 2.05) is 0 Å². The Labute approximate surface area is 133 Å². The molecule has 1 aromatic carbocycles. The first-order valence-corrected chi connectivity index (χ1v) is 8.71. The lowest BCUT2D eigenvalue weighted by Gasteiger charge is -2.11. The fourth-order valence-corrected chi connectivity index (χ4v) is 3.67. The quantitative estimate of drug-likeness (QED) is 0.646. The molecule has 1 aromatic rings. The molecule has 0 spiro atoms. The lowest BCUT2D eigenvalue weighted by Crippen LogP contribution is -2.12. The lowest BCUT2D eigenvalue weighted by molar-refractivity contribution is -0.137. The third-order valence-electron chi connectivity index (χ3n) is 2.33. The Morgan fingerprint density at radius 3 is 2.25 bits per heavy atom. The Kier molecular flexibility index (Phi) is 6.44. The Balaban J connectivity index is 2.70. The topological polar surface area (TPSA) is 107 Å². The molecule has 0 amide bonds. The molecule has 0 radical (unpaired) electrons. The highest BCUT2D eigenvalue weighted by molar-refractivity contribution is 9.11.